The fourth-order valence-electron chi connectivity index (χ4n) is 3.54. The van der Waals surface area contributed by atoms with Gasteiger partial charge in [0.2, 0.25) is 0 Å². The molecule has 0 aliphatic heterocycles. The molecule has 0 aliphatic carbocycles. The molecule has 36 heavy (non-hydrogen) atoms. The van der Waals surface area contributed by atoms with E-state index < -0.39 is 0 Å². The Bertz CT molecular complexity index is 674. The minimum absolute atomic E-state index is 0.282. The lowest BCUT2D eigenvalue weighted by molar-refractivity contribution is 0.0285. The SMILES string of the molecule is COCCOCCOCCP(CCP(CCOCCOCCOC)c1ccccc1)c1ccccc1. The van der Waals surface area contributed by atoms with Crippen molar-refractivity contribution in [2.75, 3.05) is 105 Å². The fourth-order valence-corrected chi connectivity index (χ4v) is 8.83. The molecule has 0 amide bonds. The van der Waals surface area contributed by atoms with Gasteiger partial charge in [0, 0.05) is 14.2 Å². The highest BCUT2D eigenvalue weighted by Gasteiger charge is 2.16. The van der Waals surface area contributed by atoms with Crippen LogP contribution in [0.4, 0.5) is 0 Å². The van der Waals surface area contributed by atoms with E-state index in [0.29, 0.717) is 52.9 Å². The quantitative estimate of drug-likeness (QED) is 0.158. The van der Waals surface area contributed by atoms with Crippen LogP contribution in [-0.4, -0.2) is 105 Å². The number of methoxy groups -OCH3 is 2. The van der Waals surface area contributed by atoms with Crippen molar-refractivity contribution in [2.45, 2.75) is 0 Å². The van der Waals surface area contributed by atoms with Crippen LogP contribution in [0.15, 0.2) is 60.7 Å². The lowest BCUT2D eigenvalue weighted by atomic mass is 10.4. The molecule has 0 saturated carbocycles. The van der Waals surface area contributed by atoms with Crippen molar-refractivity contribution in [1.29, 1.82) is 0 Å². The first kappa shape index (κ1) is 31.3. The van der Waals surface area contributed by atoms with Crippen LogP contribution < -0.4 is 10.6 Å². The van der Waals surface area contributed by atoms with Crippen LogP contribution in [0.5, 0.6) is 0 Å². The molecular formula is C28H44O6P2. The molecule has 0 saturated heterocycles. The van der Waals surface area contributed by atoms with Crippen molar-refractivity contribution in [3.05, 3.63) is 60.7 Å². The maximum Gasteiger partial charge on any atom is 0.0701 e. The standard InChI is InChI=1S/C28H44O6P2/c1-29-13-15-31-17-19-33-21-23-35(27-9-5-3-6-10-27)25-26-36(28-11-7-4-8-12-28)24-22-34-20-18-32-16-14-30-2/h3-12H,13-26H2,1-2H3. The third-order valence-corrected chi connectivity index (χ3v) is 10.9. The zero-order chi connectivity index (χ0) is 25.5. The van der Waals surface area contributed by atoms with Gasteiger partial charge in [0.1, 0.15) is 0 Å². The van der Waals surface area contributed by atoms with E-state index >= 15 is 0 Å². The molecule has 0 radical (unpaired) electrons. The second kappa shape index (κ2) is 22.1. The molecule has 8 heteroatoms. The summed E-state index contributed by atoms with van der Waals surface area (Å²) >= 11 is 0. The molecule has 2 aromatic carbocycles. The van der Waals surface area contributed by atoms with Gasteiger partial charge in [-0.25, -0.2) is 0 Å². The lowest BCUT2D eigenvalue weighted by Crippen LogP contribution is -2.17. The summed E-state index contributed by atoms with van der Waals surface area (Å²) in [6.45, 7) is 6.50. The topological polar surface area (TPSA) is 55.4 Å². The van der Waals surface area contributed by atoms with Crippen LogP contribution >= 0.6 is 15.8 Å². The molecule has 0 N–H and O–H groups in total. The Morgan fingerprint density at radius 1 is 0.417 bits per heavy atom. The molecule has 6 nitrogen and oxygen atoms in total. The van der Waals surface area contributed by atoms with E-state index in [2.05, 4.69) is 60.7 Å². The Hall–Kier alpha value is -0.940. The maximum atomic E-state index is 5.90. The number of hydrogen-bond acceptors (Lipinski definition) is 6. The van der Waals surface area contributed by atoms with Gasteiger partial charge in [0.05, 0.1) is 66.1 Å². The first-order chi connectivity index (χ1) is 17.8. The summed E-state index contributed by atoms with van der Waals surface area (Å²) in [5, 5.41) is 2.92. The minimum Gasteiger partial charge on any atom is -0.382 e. The van der Waals surface area contributed by atoms with Crippen LogP contribution in [0.2, 0.25) is 0 Å². The van der Waals surface area contributed by atoms with E-state index in [4.69, 9.17) is 28.4 Å². The number of ether oxygens (including phenoxy) is 6. The fraction of sp³-hybridized carbons (Fsp3) is 0.571. The summed E-state index contributed by atoms with van der Waals surface area (Å²) in [7, 11) is 2.80. The van der Waals surface area contributed by atoms with Gasteiger partial charge in [-0.3, -0.25) is 0 Å². The smallest absolute Gasteiger partial charge is 0.0701 e. The zero-order valence-corrected chi connectivity index (χ0v) is 23.8. The number of hydrogen-bond donors (Lipinski definition) is 0. The molecule has 202 valence electrons. The van der Waals surface area contributed by atoms with Gasteiger partial charge in [-0.15, -0.1) is 0 Å². The van der Waals surface area contributed by atoms with E-state index in [-0.39, 0.29) is 15.8 Å². The van der Waals surface area contributed by atoms with Crippen LogP contribution in [0.25, 0.3) is 0 Å². The van der Waals surface area contributed by atoms with Gasteiger partial charge in [0.15, 0.2) is 0 Å². The predicted molar refractivity (Wildman–Crippen MR) is 152 cm³/mol. The minimum atomic E-state index is -0.282. The molecule has 0 fully saturated rings. The monoisotopic (exact) mass is 538 g/mol. The molecule has 0 heterocycles. The Morgan fingerprint density at radius 2 is 0.750 bits per heavy atom. The molecule has 2 rings (SSSR count). The molecule has 2 aromatic rings. The molecule has 0 aliphatic rings. The number of benzene rings is 2. The van der Waals surface area contributed by atoms with E-state index in [9.17, 15) is 0 Å². The Balaban J connectivity index is 1.82. The second-order valence-corrected chi connectivity index (χ2v) is 13.1. The highest BCUT2D eigenvalue weighted by molar-refractivity contribution is 7.69. The molecular weight excluding hydrogens is 494 g/mol. The van der Waals surface area contributed by atoms with E-state index in [1.165, 1.54) is 22.9 Å². The van der Waals surface area contributed by atoms with Gasteiger partial charge >= 0.3 is 0 Å². The summed E-state index contributed by atoms with van der Waals surface area (Å²) in [4.78, 5) is 0. The zero-order valence-electron chi connectivity index (χ0n) is 22.0. The normalized spacial score (nSPS) is 13.1. The summed E-state index contributed by atoms with van der Waals surface area (Å²) in [5.74, 6) is 0. The predicted octanol–water partition coefficient (Wildman–Crippen LogP) is 3.96. The van der Waals surface area contributed by atoms with Gasteiger partial charge in [0.25, 0.3) is 0 Å². The molecule has 0 bridgehead atoms. The summed E-state index contributed by atoms with van der Waals surface area (Å²) in [6, 6.07) is 21.9. The van der Waals surface area contributed by atoms with Gasteiger partial charge in [-0.05, 0) is 35.3 Å². The van der Waals surface area contributed by atoms with Crippen molar-refractivity contribution in [2.24, 2.45) is 0 Å². The van der Waals surface area contributed by atoms with E-state index in [1.54, 1.807) is 14.2 Å². The van der Waals surface area contributed by atoms with Crippen molar-refractivity contribution in [1.82, 2.24) is 0 Å². The van der Waals surface area contributed by atoms with Gasteiger partial charge in [-0.2, -0.15) is 0 Å². The molecule has 0 aromatic heterocycles. The van der Waals surface area contributed by atoms with Crippen LogP contribution in [0, 0.1) is 0 Å². The van der Waals surface area contributed by atoms with E-state index in [0.717, 1.165) is 25.5 Å². The van der Waals surface area contributed by atoms with Gasteiger partial charge in [-0.1, -0.05) is 76.5 Å². The van der Waals surface area contributed by atoms with Crippen molar-refractivity contribution in [3.63, 3.8) is 0 Å². The van der Waals surface area contributed by atoms with Crippen LogP contribution in [-0.2, 0) is 28.4 Å². The van der Waals surface area contributed by atoms with Crippen LogP contribution in [0.3, 0.4) is 0 Å². The van der Waals surface area contributed by atoms with Crippen molar-refractivity contribution in [3.8, 4) is 0 Å². The first-order valence-corrected chi connectivity index (χ1v) is 16.2. The number of rotatable bonds is 23. The Kier molecular flexibility index (Phi) is 19.2. The third kappa shape index (κ3) is 14.7. The highest BCUT2D eigenvalue weighted by Crippen LogP contribution is 2.41. The maximum absolute atomic E-state index is 5.90. The second-order valence-electron chi connectivity index (χ2n) is 8.08. The average molecular weight is 539 g/mol. The van der Waals surface area contributed by atoms with Gasteiger partial charge < -0.3 is 28.4 Å². The largest absolute Gasteiger partial charge is 0.382 e. The Morgan fingerprint density at radius 3 is 1.11 bits per heavy atom. The average Bonchev–Trinajstić information content (AvgIpc) is 2.93. The van der Waals surface area contributed by atoms with Crippen LogP contribution in [0.1, 0.15) is 0 Å². The summed E-state index contributed by atoms with van der Waals surface area (Å²) in [6.07, 6.45) is 4.55. The third-order valence-electron chi connectivity index (χ3n) is 5.50. The summed E-state index contributed by atoms with van der Waals surface area (Å²) < 4.78 is 32.8. The summed E-state index contributed by atoms with van der Waals surface area (Å²) in [5.41, 5.74) is 0. The van der Waals surface area contributed by atoms with Crippen molar-refractivity contribution < 1.29 is 28.4 Å². The molecule has 0 spiro atoms. The van der Waals surface area contributed by atoms with Crippen molar-refractivity contribution >= 4 is 26.5 Å². The Labute approximate surface area is 220 Å². The first-order valence-electron chi connectivity index (χ1n) is 12.7. The molecule has 2 unspecified atom stereocenters. The van der Waals surface area contributed by atoms with E-state index in [1.807, 2.05) is 0 Å². The lowest BCUT2D eigenvalue weighted by Gasteiger charge is -2.23. The highest BCUT2D eigenvalue weighted by atomic mass is 31.1. The molecule has 2 atom stereocenters.